The first-order chi connectivity index (χ1) is 17.0. The zero-order chi connectivity index (χ0) is 24.2. The molecule has 0 radical (unpaired) electrons. The van der Waals surface area contributed by atoms with Gasteiger partial charge in [-0.1, -0.05) is 48.5 Å². The van der Waals surface area contributed by atoms with Crippen LogP contribution in [0.1, 0.15) is 29.7 Å². The third-order valence-corrected chi connectivity index (χ3v) is 6.76. The predicted molar refractivity (Wildman–Crippen MR) is 134 cm³/mol. The van der Waals surface area contributed by atoms with E-state index in [-0.39, 0.29) is 5.91 Å². The summed E-state index contributed by atoms with van der Waals surface area (Å²) in [6.45, 7) is 3.82. The number of amides is 1. The van der Waals surface area contributed by atoms with Crippen LogP contribution in [0.2, 0.25) is 0 Å². The Morgan fingerprint density at radius 3 is 2.14 bits per heavy atom. The first-order valence-electron chi connectivity index (χ1n) is 11.5. The van der Waals surface area contributed by atoms with Crippen LogP contribution in [-0.2, 0) is 4.79 Å². The molecule has 6 rings (SSSR count). The third kappa shape index (κ3) is 3.01. The lowest BCUT2D eigenvalue weighted by molar-refractivity contribution is -0.127. The molecule has 7 heteroatoms. The smallest absolute Gasteiger partial charge is 0.298 e. The van der Waals surface area contributed by atoms with Crippen LogP contribution in [0.4, 0.5) is 5.69 Å². The lowest BCUT2D eigenvalue weighted by atomic mass is 9.76. The maximum absolute atomic E-state index is 14.2. The standard InChI is InChI=1S/C28H24N4O3/c1-18-24-25(20-14-16-23(34-3)17-15-20)28(35-26(24)31(29-18)21-10-6-4-7-11-21)19(2)30-32(27(28)33)22-12-8-5-9-13-22/h4-17,25H,1-3H3. The van der Waals surface area contributed by atoms with E-state index in [9.17, 15) is 4.79 Å². The summed E-state index contributed by atoms with van der Waals surface area (Å²) in [5, 5.41) is 10.9. The molecule has 0 saturated heterocycles. The van der Waals surface area contributed by atoms with Crippen molar-refractivity contribution in [2.24, 2.45) is 5.10 Å². The molecule has 0 bridgehead atoms. The Morgan fingerprint density at radius 1 is 0.886 bits per heavy atom. The number of rotatable bonds is 4. The largest absolute Gasteiger partial charge is 0.497 e. The molecule has 0 fully saturated rings. The van der Waals surface area contributed by atoms with Crippen molar-refractivity contribution in [2.75, 3.05) is 12.1 Å². The van der Waals surface area contributed by atoms with Gasteiger partial charge in [0.25, 0.3) is 5.91 Å². The molecule has 0 N–H and O–H groups in total. The van der Waals surface area contributed by atoms with Gasteiger partial charge in [0.05, 0.1) is 35.8 Å². The Labute approximate surface area is 203 Å². The molecule has 0 saturated carbocycles. The first-order valence-corrected chi connectivity index (χ1v) is 11.5. The van der Waals surface area contributed by atoms with Gasteiger partial charge < -0.3 is 9.47 Å². The molecule has 0 aliphatic carbocycles. The summed E-state index contributed by atoms with van der Waals surface area (Å²) in [6, 6.07) is 27.0. The molecule has 2 aliphatic rings. The first kappa shape index (κ1) is 21.2. The van der Waals surface area contributed by atoms with Crippen LogP contribution < -0.4 is 14.5 Å². The molecule has 174 valence electrons. The molecule has 2 aliphatic heterocycles. The zero-order valence-corrected chi connectivity index (χ0v) is 19.7. The molecule has 3 heterocycles. The Balaban J connectivity index is 1.56. The lowest BCUT2D eigenvalue weighted by Gasteiger charge is -2.30. The van der Waals surface area contributed by atoms with E-state index in [0.717, 1.165) is 28.3 Å². The Hall–Kier alpha value is -4.39. The number of ether oxygens (including phenoxy) is 2. The summed E-state index contributed by atoms with van der Waals surface area (Å²) in [6.07, 6.45) is 0. The molecule has 1 amide bonds. The van der Waals surface area contributed by atoms with Gasteiger partial charge in [-0.25, -0.2) is 4.68 Å². The van der Waals surface area contributed by atoms with Crippen LogP contribution in [0.15, 0.2) is 90.0 Å². The second kappa shape index (κ2) is 7.84. The molecule has 4 aromatic rings. The number of nitrogens with zero attached hydrogens (tertiary/aromatic N) is 4. The number of fused-ring (bicyclic) bond motifs is 1. The summed E-state index contributed by atoms with van der Waals surface area (Å²) in [5.74, 6) is 0.656. The van der Waals surface area contributed by atoms with Crippen molar-refractivity contribution < 1.29 is 14.3 Å². The van der Waals surface area contributed by atoms with E-state index in [0.29, 0.717) is 17.3 Å². The van der Waals surface area contributed by atoms with Crippen molar-refractivity contribution in [3.63, 3.8) is 0 Å². The number of aryl methyl sites for hydroxylation is 1. The second-order valence-corrected chi connectivity index (χ2v) is 8.73. The Morgan fingerprint density at radius 2 is 1.51 bits per heavy atom. The van der Waals surface area contributed by atoms with Gasteiger partial charge in [0.1, 0.15) is 5.75 Å². The van der Waals surface area contributed by atoms with Crippen LogP contribution in [-0.4, -0.2) is 34.1 Å². The van der Waals surface area contributed by atoms with E-state index in [4.69, 9.17) is 19.7 Å². The van der Waals surface area contributed by atoms with Crippen molar-refractivity contribution in [3.05, 3.63) is 102 Å². The van der Waals surface area contributed by atoms with Crippen LogP contribution in [0.3, 0.4) is 0 Å². The summed E-state index contributed by atoms with van der Waals surface area (Å²) in [7, 11) is 1.64. The van der Waals surface area contributed by atoms with Crippen LogP contribution >= 0.6 is 0 Å². The van der Waals surface area contributed by atoms with Gasteiger partial charge >= 0.3 is 0 Å². The van der Waals surface area contributed by atoms with Gasteiger partial charge in [0.15, 0.2) is 0 Å². The fraction of sp³-hybridized carbons (Fsp3) is 0.179. The molecular formula is C28H24N4O3. The van der Waals surface area contributed by atoms with Crippen molar-refractivity contribution in [1.82, 2.24) is 9.78 Å². The normalized spacial score (nSPS) is 20.7. The molecule has 35 heavy (non-hydrogen) atoms. The topological polar surface area (TPSA) is 69.0 Å². The minimum Gasteiger partial charge on any atom is -0.497 e. The molecule has 7 nitrogen and oxygen atoms in total. The molecule has 2 atom stereocenters. The minimum atomic E-state index is -1.32. The molecular weight excluding hydrogens is 440 g/mol. The van der Waals surface area contributed by atoms with Gasteiger partial charge in [-0.2, -0.15) is 15.2 Å². The number of hydrazone groups is 1. The van der Waals surface area contributed by atoms with Gasteiger partial charge in [-0.05, 0) is 55.8 Å². The van der Waals surface area contributed by atoms with Gasteiger partial charge in [-0.3, -0.25) is 4.79 Å². The lowest BCUT2D eigenvalue weighted by Crippen LogP contribution is -2.53. The van der Waals surface area contributed by atoms with Crippen LogP contribution in [0.5, 0.6) is 11.6 Å². The van der Waals surface area contributed by atoms with E-state index < -0.39 is 11.5 Å². The minimum absolute atomic E-state index is 0.225. The monoisotopic (exact) mass is 464 g/mol. The maximum atomic E-state index is 14.2. The highest BCUT2D eigenvalue weighted by atomic mass is 16.5. The van der Waals surface area contributed by atoms with Gasteiger partial charge in [0.2, 0.25) is 11.5 Å². The molecule has 1 aromatic heterocycles. The van der Waals surface area contributed by atoms with Crippen LogP contribution in [0.25, 0.3) is 5.69 Å². The number of anilines is 1. The summed E-state index contributed by atoms with van der Waals surface area (Å²) in [5.41, 5.74) is 3.46. The number of carbonyl (C=O) groups is 1. The quantitative estimate of drug-likeness (QED) is 0.432. The second-order valence-electron chi connectivity index (χ2n) is 8.73. The highest BCUT2D eigenvalue weighted by Gasteiger charge is 2.64. The van der Waals surface area contributed by atoms with Gasteiger partial charge in [0, 0.05) is 5.56 Å². The summed E-state index contributed by atoms with van der Waals surface area (Å²) in [4.78, 5) is 14.2. The summed E-state index contributed by atoms with van der Waals surface area (Å²) >= 11 is 0. The number of methoxy groups -OCH3 is 1. The van der Waals surface area contributed by atoms with E-state index in [1.807, 2.05) is 98.8 Å². The number of aromatic nitrogens is 2. The fourth-order valence-corrected chi connectivity index (χ4v) is 5.08. The number of para-hydroxylation sites is 2. The average Bonchev–Trinajstić information content (AvgIpc) is 3.51. The van der Waals surface area contributed by atoms with Crippen molar-refractivity contribution in [1.29, 1.82) is 0 Å². The number of carbonyl (C=O) groups excluding carboxylic acids is 1. The molecule has 3 aromatic carbocycles. The Kier molecular flexibility index (Phi) is 4.74. The van der Waals surface area contributed by atoms with E-state index in [1.165, 1.54) is 5.01 Å². The number of benzene rings is 3. The predicted octanol–water partition coefficient (Wildman–Crippen LogP) is 4.88. The summed E-state index contributed by atoms with van der Waals surface area (Å²) < 4.78 is 13.9. The maximum Gasteiger partial charge on any atom is 0.298 e. The van der Waals surface area contributed by atoms with E-state index in [2.05, 4.69) is 0 Å². The number of hydrogen-bond donors (Lipinski definition) is 0. The third-order valence-electron chi connectivity index (χ3n) is 6.76. The highest BCUT2D eigenvalue weighted by molar-refractivity contribution is 6.23. The highest BCUT2D eigenvalue weighted by Crippen LogP contribution is 2.54. The van der Waals surface area contributed by atoms with Crippen molar-refractivity contribution in [3.8, 4) is 17.3 Å². The van der Waals surface area contributed by atoms with Crippen molar-refractivity contribution in [2.45, 2.75) is 25.4 Å². The van der Waals surface area contributed by atoms with E-state index in [1.54, 1.807) is 11.8 Å². The molecule has 1 spiro atoms. The SMILES string of the molecule is COc1ccc(C2c3c(C)nn(-c4ccccc4)c3OC23C(=O)N(c2ccccc2)N=C3C)cc1. The number of hydrogen-bond acceptors (Lipinski definition) is 5. The van der Waals surface area contributed by atoms with Gasteiger partial charge in [-0.15, -0.1) is 0 Å². The Bertz CT molecular complexity index is 1450. The van der Waals surface area contributed by atoms with E-state index >= 15 is 0 Å². The van der Waals surface area contributed by atoms with Crippen LogP contribution in [0, 0.1) is 6.92 Å². The van der Waals surface area contributed by atoms with Crippen molar-refractivity contribution >= 4 is 17.3 Å². The molecule has 2 unspecified atom stereocenters. The zero-order valence-electron chi connectivity index (χ0n) is 19.7. The fourth-order valence-electron chi connectivity index (χ4n) is 5.08. The average molecular weight is 465 g/mol.